The number of nitrogens with one attached hydrogen (secondary N) is 3. The minimum absolute atomic E-state index is 0. The lowest BCUT2D eigenvalue weighted by atomic mass is 10.2. The summed E-state index contributed by atoms with van der Waals surface area (Å²) < 4.78 is 25.9. The first-order valence-electron chi connectivity index (χ1n) is 10.4. The van der Waals surface area contributed by atoms with Crippen LogP contribution in [0.1, 0.15) is 30.9 Å². The van der Waals surface area contributed by atoms with Gasteiger partial charge in [0.15, 0.2) is 5.96 Å². The minimum atomic E-state index is -3.43. The third-order valence-electron chi connectivity index (χ3n) is 5.05. The monoisotopic (exact) mass is 571 g/mol. The molecule has 2 aromatic carbocycles. The molecule has 0 saturated carbocycles. The number of guanidine groups is 1. The molecular weight excluding hydrogens is 541 g/mol. The predicted molar refractivity (Wildman–Crippen MR) is 138 cm³/mol. The van der Waals surface area contributed by atoms with Crippen molar-refractivity contribution in [1.82, 2.24) is 15.4 Å². The number of carbonyl (C=O) groups is 1. The fourth-order valence-electron chi connectivity index (χ4n) is 3.30. The van der Waals surface area contributed by atoms with E-state index in [1.165, 1.54) is 7.05 Å². The van der Waals surface area contributed by atoms with Crippen molar-refractivity contribution in [1.29, 1.82) is 0 Å². The molecule has 3 N–H and O–H groups in total. The minimum Gasteiger partial charge on any atom is -0.357 e. The predicted octanol–water partition coefficient (Wildman–Crippen LogP) is 2.59. The van der Waals surface area contributed by atoms with E-state index in [0.29, 0.717) is 25.5 Å². The van der Waals surface area contributed by atoms with E-state index in [9.17, 15) is 13.2 Å². The molecule has 3 rings (SSSR count). The number of amides is 1. The van der Waals surface area contributed by atoms with Gasteiger partial charge in [-0.25, -0.2) is 18.1 Å². The number of halogens is 1. The third kappa shape index (κ3) is 6.91. The van der Waals surface area contributed by atoms with Crippen LogP contribution in [0, 0.1) is 0 Å². The molecule has 0 bridgehead atoms. The van der Waals surface area contributed by atoms with Gasteiger partial charge in [-0.05, 0) is 55.8 Å². The molecule has 2 aromatic rings. The lowest BCUT2D eigenvalue weighted by Crippen LogP contribution is -2.36. The smallest absolute Gasteiger partial charge is 0.240 e. The zero-order valence-electron chi connectivity index (χ0n) is 18.3. The molecule has 8 nitrogen and oxygen atoms in total. The van der Waals surface area contributed by atoms with Crippen LogP contribution in [0.3, 0.4) is 0 Å². The van der Waals surface area contributed by atoms with E-state index >= 15 is 0 Å². The van der Waals surface area contributed by atoms with Crippen molar-refractivity contribution in [2.45, 2.75) is 37.8 Å². The molecule has 0 aromatic heterocycles. The second-order valence-corrected chi connectivity index (χ2v) is 9.10. The zero-order valence-corrected chi connectivity index (χ0v) is 21.4. The summed E-state index contributed by atoms with van der Waals surface area (Å²) in [4.78, 5) is 18.6. The van der Waals surface area contributed by atoms with Crippen LogP contribution >= 0.6 is 24.0 Å². The van der Waals surface area contributed by atoms with Crippen LogP contribution in [0.5, 0.6) is 0 Å². The van der Waals surface area contributed by atoms with Gasteiger partial charge in [0.25, 0.3) is 0 Å². The van der Waals surface area contributed by atoms with Gasteiger partial charge in [0, 0.05) is 31.7 Å². The molecule has 1 fully saturated rings. The van der Waals surface area contributed by atoms with Crippen LogP contribution in [-0.2, 0) is 27.9 Å². The Morgan fingerprint density at radius 2 is 1.69 bits per heavy atom. The summed E-state index contributed by atoms with van der Waals surface area (Å²) in [5.74, 6) is 0.856. The highest BCUT2D eigenvalue weighted by Crippen LogP contribution is 2.21. The van der Waals surface area contributed by atoms with Crippen LogP contribution in [0.15, 0.2) is 58.4 Å². The number of carbonyl (C=O) groups excluding carboxylic acids is 1. The van der Waals surface area contributed by atoms with Gasteiger partial charge in [-0.15, -0.1) is 24.0 Å². The van der Waals surface area contributed by atoms with Crippen molar-refractivity contribution in [2.24, 2.45) is 4.99 Å². The van der Waals surface area contributed by atoms with E-state index in [0.717, 1.165) is 36.3 Å². The van der Waals surface area contributed by atoms with Crippen molar-refractivity contribution in [3.63, 3.8) is 0 Å². The van der Waals surface area contributed by atoms with Crippen LogP contribution in [0.25, 0.3) is 0 Å². The van der Waals surface area contributed by atoms with Gasteiger partial charge in [-0.1, -0.05) is 24.3 Å². The first kappa shape index (κ1) is 26.1. The van der Waals surface area contributed by atoms with Gasteiger partial charge in [0.1, 0.15) is 0 Å². The Bertz CT molecular complexity index is 1020. The molecule has 0 atom stereocenters. The molecule has 32 heavy (non-hydrogen) atoms. The summed E-state index contributed by atoms with van der Waals surface area (Å²) >= 11 is 0. The Labute approximate surface area is 207 Å². The lowest BCUT2D eigenvalue weighted by Gasteiger charge is -2.16. The second kappa shape index (κ2) is 12.2. The maximum absolute atomic E-state index is 11.9. The van der Waals surface area contributed by atoms with Crippen molar-refractivity contribution < 1.29 is 13.2 Å². The molecule has 10 heteroatoms. The third-order valence-corrected chi connectivity index (χ3v) is 6.48. The summed E-state index contributed by atoms with van der Waals surface area (Å²) in [6.45, 7) is 4.52. The quantitative estimate of drug-likeness (QED) is 0.257. The fraction of sp³-hybridized carbons (Fsp3) is 0.364. The first-order valence-corrected chi connectivity index (χ1v) is 11.8. The van der Waals surface area contributed by atoms with E-state index in [-0.39, 0.29) is 34.8 Å². The Morgan fingerprint density at radius 1 is 1.03 bits per heavy atom. The number of hydrogen-bond donors (Lipinski definition) is 3. The van der Waals surface area contributed by atoms with Crippen molar-refractivity contribution in [3.8, 4) is 0 Å². The highest BCUT2D eigenvalue weighted by molar-refractivity contribution is 14.0. The molecule has 0 spiro atoms. The Balaban J connectivity index is 0.00000363. The maximum Gasteiger partial charge on any atom is 0.240 e. The highest BCUT2D eigenvalue weighted by atomic mass is 127. The van der Waals surface area contributed by atoms with E-state index in [2.05, 4.69) is 20.3 Å². The number of anilines is 1. The van der Waals surface area contributed by atoms with Gasteiger partial charge in [-0.2, -0.15) is 0 Å². The van der Waals surface area contributed by atoms with Gasteiger partial charge in [0.05, 0.1) is 11.4 Å². The van der Waals surface area contributed by atoms with E-state index in [1.54, 1.807) is 24.3 Å². The van der Waals surface area contributed by atoms with Crippen LogP contribution < -0.4 is 20.3 Å². The highest BCUT2D eigenvalue weighted by Gasteiger charge is 2.21. The molecule has 1 aliphatic rings. The largest absolute Gasteiger partial charge is 0.357 e. The van der Waals surface area contributed by atoms with E-state index in [1.807, 2.05) is 36.1 Å². The maximum atomic E-state index is 11.9. The molecule has 1 amide bonds. The average Bonchev–Trinajstić information content (AvgIpc) is 3.22. The summed E-state index contributed by atoms with van der Waals surface area (Å²) in [6.07, 6.45) is 1.54. The van der Waals surface area contributed by atoms with Crippen LogP contribution in [-0.4, -0.2) is 40.4 Å². The number of benzene rings is 2. The fourth-order valence-corrected chi connectivity index (χ4v) is 4.03. The van der Waals surface area contributed by atoms with Crippen LogP contribution in [0.4, 0.5) is 5.69 Å². The number of aliphatic imine (C=N–C) groups is 1. The summed E-state index contributed by atoms with van der Waals surface area (Å²) in [7, 11) is -2.04. The SMILES string of the molecule is CCNC(=NCc1ccc(N2CCCC2=O)cc1)NCc1ccc(S(=O)(=O)NC)cc1.I. The molecule has 0 aliphatic carbocycles. The topological polar surface area (TPSA) is 103 Å². The second-order valence-electron chi connectivity index (χ2n) is 7.22. The van der Waals surface area contributed by atoms with Gasteiger partial charge >= 0.3 is 0 Å². The lowest BCUT2D eigenvalue weighted by molar-refractivity contribution is -0.117. The van der Waals surface area contributed by atoms with E-state index in [4.69, 9.17) is 0 Å². The molecular formula is C22H30IN5O3S. The molecule has 1 heterocycles. The van der Waals surface area contributed by atoms with Crippen molar-refractivity contribution >= 4 is 51.6 Å². The molecule has 1 aliphatic heterocycles. The molecule has 0 radical (unpaired) electrons. The number of rotatable bonds is 8. The average molecular weight is 571 g/mol. The van der Waals surface area contributed by atoms with Crippen LogP contribution in [0.2, 0.25) is 0 Å². The Kier molecular flexibility index (Phi) is 9.91. The number of hydrogen-bond acceptors (Lipinski definition) is 4. The van der Waals surface area contributed by atoms with Crippen molar-refractivity contribution in [3.05, 3.63) is 59.7 Å². The first-order chi connectivity index (χ1) is 14.9. The normalized spacial score (nSPS) is 14.2. The van der Waals surface area contributed by atoms with Crippen molar-refractivity contribution in [2.75, 3.05) is 25.0 Å². The standard InChI is InChI=1S/C22H29N5O3S.HI/c1-3-24-22(26-16-18-8-12-20(13-9-18)31(29,30)23-2)25-15-17-6-10-19(11-7-17)27-14-4-5-21(27)28;/h6-13,23H,3-5,14-16H2,1-2H3,(H2,24,25,26);1H. The van der Waals surface area contributed by atoms with E-state index < -0.39 is 10.0 Å². The summed E-state index contributed by atoms with van der Waals surface area (Å²) in [6, 6.07) is 14.6. The molecule has 1 saturated heterocycles. The van der Waals surface area contributed by atoms with Gasteiger partial charge < -0.3 is 15.5 Å². The number of nitrogens with zero attached hydrogens (tertiary/aromatic N) is 2. The summed E-state index contributed by atoms with van der Waals surface area (Å²) in [5, 5.41) is 6.47. The number of sulfonamides is 1. The molecule has 174 valence electrons. The van der Waals surface area contributed by atoms with Gasteiger partial charge in [-0.3, -0.25) is 4.79 Å². The zero-order chi connectivity index (χ0) is 22.3. The Morgan fingerprint density at radius 3 is 2.25 bits per heavy atom. The van der Waals surface area contributed by atoms with Gasteiger partial charge in [0.2, 0.25) is 15.9 Å². The summed E-state index contributed by atoms with van der Waals surface area (Å²) in [5.41, 5.74) is 2.93. The molecule has 0 unspecified atom stereocenters. The Hall–Kier alpha value is -2.18.